The summed E-state index contributed by atoms with van der Waals surface area (Å²) in [5.74, 6) is 0.396. The van der Waals surface area contributed by atoms with Crippen molar-refractivity contribution in [2.24, 2.45) is 0 Å². The molecule has 0 saturated heterocycles. The van der Waals surface area contributed by atoms with Gasteiger partial charge in [-0.25, -0.2) is 4.79 Å². The number of halogens is 1. The lowest BCUT2D eigenvalue weighted by Crippen LogP contribution is -2.03. The Morgan fingerprint density at radius 3 is 2.71 bits per heavy atom. The summed E-state index contributed by atoms with van der Waals surface area (Å²) in [6.07, 6.45) is 5.32. The summed E-state index contributed by atoms with van der Waals surface area (Å²) in [5, 5.41) is 0. The lowest BCUT2D eigenvalue weighted by Gasteiger charge is -2.01. The van der Waals surface area contributed by atoms with Crippen LogP contribution in [0, 0.1) is 0 Å². The van der Waals surface area contributed by atoms with Crippen LogP contribution in [0.1, 0.15) is 39.5 Å². The smallest absolute Gasteiger partial charge is 0.330 e. The van der Waals surface area contributed by atoms with E-state index in [9.17, 15) is 4.79 Å². The molecule has 0 saturated carbocycles. The van der Waals surface area contributed by atoms with Gasteiger partial charge in [-0.05, 0) is 26.2 Å². The number of hydrogen-bond acceptors (Lipinski definition) is 2. The summed E-state index contributed by atoms with van der Waals surface area (Å²) < 4.78 is 4.99. The minimum Gasteiger partial charge on any atom is -0.463 e. The van der Waals surface area contributed by atoms with Gasteiger partial charge < -0.3 is 4.74 Å². The standard InChI is InChI=1S/C11H19ClO2/c1-3-6-10(2)9-11(13)14-8-5-4-7-12/h9H,3-8H2,1-2H3. The molecule has 0 aromatic heterocycles. The lowest BCUT2D eigenvalue weighted by atomic mass is 10.2. The number of unbranched alkanes of at least 4 members (excludes halogenated alkanes) is 1. The fourth-order valence-electron chi connectivity index (χ4n) is 1.08. The highest BCUT2D eigenvalue weighted by molar-refractivity contribution is 6.17. The van der Waals surface area contributed by atoms with E-state index in [2.05, 4.69) is 6.92 Å². The minimum absolute atomic E-state index is 0.231. The van der Waals surface area contributed by atoms with Crippen molar-refractivity contribution in [2.75, 3.05) is 12.5 Å². The Labute approximate surface area is 91.3 Å². The van der Waals surface area contributed by atoms with Crippen LogP contribution in [-0.2, 0) is 9.53 Å². The Morgan fingerprint density at radius 1 is 1.43 bits per heavy atom. The molecule has 2 nitrogen and oxygen atoms in total. The molecule has 0 aromatic rings. The van der Waals surface area contributed by atoms with Gasteiger partial charge in [0.05, 0.1) is 6.61 Å². The van der Waals surface area contributed by atoms with E-state index in [1.807, 2.05) is 6.92 Å². The second kappa shape index (κ2) is 9.07. The highest BCUT2D eigenvalue weighted by Crippen LogP contribution is 2.03. The van der Waals surface area contributed by atoms with Crippen LogP contribution in [-0.4, -0.2) is 18.5 Å². The molecular formula is C11H19ClO2. The topological polar surface area (TPSA) is 26.3 Å². The van der Waals surface area contributed by atoms with Crippen molar-refractivity contribution in [2.45, 2.75) is 39.5 Å². The van der Waals surface area contributed by atoms with Crippen LogP contribution in [0.25, 0.3) is 0 Å². The number of ether oxygens (including phenoxy) is 1. The van der Waals surface area contributed by atoms with E-state index < -0.39 is 0 Å². The van der Waals surface area contributed by atoms with Gasteiger partial charge in [0, 0.05) is 12.0 Å². The number of hydrogen-bond donors (Lipinski definition) is 0. The SMILES string of the molecule is CCCC(C)=CC(=O)OCCCCCl. The molecule has 0 heterocycles. The molecular weight excluding hydrogens is 200 g/mol. The number of carbonyl (C=O) groups is 1. The molecule has 0 aliphatic carbocycles. The van der Waals surface area contributed by atoms with Crippen molar-refractivity contribution < 1.29 is 9.53 Å². The molecule has 0 N–H and O–H groups in total. The summed E-state index contributed by atoms with van der Waals surface area (Å²) in [5.41, 5.74) is 1.08. The number of allylic oxidation sites excluding steroid dienone is 1. The summed E-state index contributed by atoms with van der Waals surface area (Å²) in [7, 11) is 0. The van der Waals surface area contributed by atoms with Crippen LogP contribution >= 0.6 is 11.6 Å². The number of esters is 1. The molecule has 0 rings (SSSR count). The van der Waals surface area contributed by atoms with E-state index in [-0.39, 0.29) is 5.97 Å². The molecule has 0 unspecified atom stereocenters. The van der Waals surface area contributed by atoms with Crippen LogP contribution in [0.3, 0.4) is 0 Å². The molecule has 14 heavy (non-hydrogen) atoms. The first-order valence-corrected chi connectivity index (χ1v) is 5.64. The van der Waals surface area contributed by atoms with Gasteiger partial charge in [0.1, 0.15) is 0 Å². The lowest BCUT2D eigenvalue weighted by molar-refractivity contribution is -0.137. The highest BCUT2D eigenvalue weighted by Gasteiger charge is 1.98. The maximum Gasteiger partial charge on any atom is 0.330 e. The zero-order chi connectivity index (χ0) is 10.8. The number of rotatable bonds is 7. The summed E-state index contributed by atoms with van der Waals surface area (Å²) in [6, 6.07) is 0. The average Bonchev–Trinajstić information content (AvgIpc) is 2.13. The zero-order valence-corrected chi connectivity index (χ0v) is 9.77. The van der Waals surface area contributed by atoms with Crippen LogP contribution in [0.15, 0.2) is 11.6 Å². The van der Waals surface area contributed by atoms with E-state index in [0.717, 1.165) is 31.3 Å². The number of carbonyl (C=O) groups excluding carboxylic acids is 1. The Hall–Kier alpha value is -0.500. The highest BCUT2D eigenvalue weighted by atomic mass is 35.5. The molecule has 0 spiro atoms. The van der Waals surface area contributed by atoms with Gasteiger partial charge in [0.15, 0.2) is 0 Å². The van der Waals surface area contributed by atoms with Gasteiger partial charge in [-0.1, -0.05) is 18.9 Å². The monoisotopic (exact) mass is 218 g/mol. The first-order valence-electron chi connectivity index (χ1n) is 5.10. The largest absolute Gasteiger partial charge is 0.463 e. The van der Waals surface area contributed by atoms with Crippen LogP contribution < -0.4 is 0 Å². The van der Waals surface area contributed by atoms with Crippen molar-refractivity contribution in [3.63, 3.8) is 0 Å². The molecule has 0 bridgehead atoms. The Morgan fingerprint density at radius 2 is 2.14 bits per heavy atom. The Kier molecular flexibility index (Phi) is 8.75. The van der Waals surface area contributed by atoms with Crippen molar-refractivity contribution in [3.05, 3.63) is 11.6 Å². The Bertz CT molecular complexity index is 188. The van der Waals surface area contributed by atoms with E-state index in [4.69, 9.17) is 16.3 Å². The first-order chi connectivity index (χ1) is 6.70. The summed E-state index contributed by atoms with van der Waals surface area (Å²) in [4.78, 5) is 11.2. The van der Waals surface area contributed by atoms with Crippen molar-refractivity contribution in [3.8, 4) is 0 Å². The zero-order valence-electron chi connectivity index (χ0n) is 9.01. The van der Waals surface area contributed by atoms with E-state index >= 15 is 0 Å². The van der Waals surface area contributed by atoms with Gasteiger partial charge in [0.25, 0.3) is 0 Å². The maximum absolute atomic E-state index is 11.2. The molecule has 0 aliphatic heterocycles. The van der Waals surface area contributed by atoms with Crippen molar-refractivity contribution in [1.82, 2.24) is 0 Å². The predicted molar refractivity (Wildman–Crippen MR) is 59.6 cm³/mol. The quantitative estimate of drug-likeness (QED) is 0.284. The summed E-state index contributed by atoms with van der Waals surface area (Å²) in [6.45, 7) is 4.51. The van der Waals surface area contributed by atoms with Crippen LogP contribution in [0.2, 0.25) is 0 Å². The summed E-state index contributed by atoms with van der Waals surface area (Å²) >= 11 is 5.49. The minimum atomic E-state index is -0.231. The Balaban J connectivity index is 3.58. The fourth-order valence-corrected chi connectivity index (χ4v) is 1.27. The molecule has 0 aliphatic rings. The third kappa shape index (κ3) is 8.11. The average molecular weight is 219 g/mol. The van der Waals surface area contributed by atoms with E-state index in [1.165, 1.54) is 0 Å². The molecule has 0 amide bonds. The van der Waals surface area contributed by atoms with Crippen molar-refractivity contribution >= 4 is 17.6 Å². The fraction of sp³-hybridized carbons (Fsp3) is 0.727. The van der Waals surface area contributed by atoms with Gasteiger partial charge in [-0.3, -0.25) is 0 Å². The van der Waals surface area contributed by atoms with Crippen molar-refractivity contribution in [1.29, 1.82) is 0 Å². The second-order valence-corrected chi connectivity index (χ2v) is 3.68. The second-order valence-electron chi connectivity index (χ2n) is 3.30. The molecule has 82 valence electrons. The predicted octanol–water partition coefficient (Wildman–Crippen LogP) is 3.30. The van der Waals surface area contributed by atoms with Crippen LogP contribution in [0.4, 0.5) is 0 Å². The van der Waals surface area contributed by atoms with E-state index in [1.54, 1.807) is 6.08 Å². The van der Waals surface area contributed by atoms with Gasteiger partial charge in [0.2, 0.25) is 0 Å². The number of alkyl halides is 1. The van der Waals surface area contributed by atoms with Gasteiger partial charge in [-0.2, -0.15) is 0 Å². The van der Waals surface area contributed by atoms with Gasteiger partial charge >= 0.3 is 5.97 Å². The molecule has 0 radical (unpaired) electrons. The maximum atomic E-state index is 11.2. The third-order valence-corrected chi connectivity index (χ3v) is 2.05. The molecule has 0 fully saturated rings. The molecule has 0 aromatic carbocycles. The normalized spacial score (nSPS) is 11.5. The van der Waals surface area contributed by atoms with Gasteiger partial charge in [-0.15, -0.1) is 11.6 Å². The first kappa shape index (κ1) is 13.5. The third-order valence-electron chi connectivity index (χ3n) is 1.78. The molecule has 3 heteroatoms. The molecule has 0 atom stereocenters. The van der Waals surface area contributed by atoms with E-state index in [0.29, 0.717) is 12.5 Å². The van der Waals surface area contributed by atoms with Crippen LogP contribution in [0.5, 0.6) is 0 Å².